The average Bonchev–Trinajstić information content (AvgIpc) is 3.50. The van der Waals surface area contributed by atoms with Crippen LogP contribution in [0.4, 0.5) is 4.39 Å². The molecule has 2 aromatic carbocycles. The number of benzene rings is 2. The van der Waals surface area contributed by atoms with Crippen LogP contribution in [0.15, 0.2) is 66.7 Å². The van der Waals surface area contributed by atoms with Crippen molar-refractivity contribution in [3.8, 4) is 22.8 Å². The first kappa shape index (κ1) is 17.7. The Morgan fingerprint density at radius 3 is 2.19 bits per heavy atom. The Hall–Kier alpha value is -2.73. The van der Waals surface area contributed by atoms with E-state index in [0.29, 0.717) is 22.9 Å². The highest BCUT2D eigenvalue weighted by molar-refractivity contribution is 7.91. The van der Waals surface area contributed by atoms with Crippen LogP contribution in [0, 0.1) is 5.82 Å². The van der Waals surface area contributed by atoms with Crippen LogP contribution in [0.5, 0.6) is 11.5 Å². The predicted molar refractivity (Wildman–Crippen MR) is 102 cm³/mol. The summed E-state index contributed by atoms with van der Waals surface area (Å²) in [6, 6.07) is 18.6. The van der Waals surface area contributed by atoms with Crippen molar-refractivity contribution in [2.24, 2.45) is 0 Å². The van der Waals surface area contributed by atoms with E-state index in [4.69, 9.17) is 4.74 Å². The Bertz CT molecular complexity index is 1040. The van der Waals surface area contributed by atoms with Gasteiger partial charge in [-0.2, -0.15) is 0 Å². The fraction of sp³-hybridized carbons (Fsp3) is 0.190. The normalized spacial score (nSPS) is 14.1. The first-order valence-electron chi connectivity index (χ1n) is 8.71. The summed E-state index contributed by atoms with van der Waals surface area (Å²) in [5, 5.41) is -0.189. The van der Waals surface area contributed by atoms with Crippen LogP contribution in [0.25, 0.3) is 11.3 Å². The van der Waals surface area contributed by atoms with Crippen molar-refractivity contribution in [2.75, 3.05) is 0 Å². The molecule has 3 aromatic rings. The molecule has 1 saturated carbocycles. The number of nitrogens with zero attached hydrogens (tertiary/aromatic N) is 1. The van der Waals surface area contributed by atoms with Crippen LogP contribution in [0.3, 0.4) is 0 Å². The van der Waals surface area contributed by atoms with E-state index in [2.05, 4.69) is 4.98 Å². The molecule has 4 rings (SSSR count). The van der Waals surface area contributed by atoms with Crippen molar-refractivity contribution in [2.45, 2.75) is 23.8 Å². The number of pyridine rings is 1. The zero-order chi connectivity index (χ0) is 18.9. The third-order valence-electron chi connectivity index (χ3n) is 4.39. The molecule has 1 aliphatic carbocycles. The van der Waals surface area contributed by atoms with Gasteiger partial charge < -0.3 is 4.74 Å². The van der Waals surface area contributed by atoms with Gasteiger partial charge in [0, 0.05) is 5.56 Å². The summed E-state index contributed by atoms with van der Waals surface area (Å²) in [4.78, 5) is 4.50. The Kier molecular flexibility index (Phi) is 4.66. The van der Waals surface area contributed by atoms with Gasteiger partial charge in [0.25, 0.3) is 0 Å². The molecule has 1 heterocycles. The van der Waals surface area contributed by atoms with E-state index in [0.717, 1.165) is 18.4 Å². The summed E-state index contributed by atoms with van der Waals surface area (Å²) in [7, 11) is -3.09. The average molecular weight is 383 g/mol. The quantitative estimate of drug-likeness (QED) is 0.616. The summed E-state index contributed by atoms with van der Waals surface area (Å²) >= 11 is 0. The standard InChI is InChI=1S/C21H18FNO3S/c22-16-6-10-19(11-7-16)26-18-8-4-15(5-9-18)21-3-1-2-17(23-21)14-27(24,25)20-12-13-20/h1-11,20H,12-14H2. The molecule has 0 atom stereocenters. The highest BCUT2D eigenvalue weighted by Crippen LogP contribution is 2.31. The van der Waals surface area contributed by atoms with Gasteiger partial charge in [-0.15, -0.1) is 0 Å². The van der Waals surface area contributed by atoms with E-state index in [1.165, 1.54) is 12.1 Å². The molecule has 1 aliphatic rings. The number of hydrogen-bond donors (Lipinski definition) is 0. The second-order valence-corrected chi connectivity index (χ2v) is 8.88. The van der Waals surface area contributed by atoms with Crippen molar-refractivity contribution in [1.82, 2.24) is 4.98 Å². The molecule has 0 amide bonds. The summed E-state index contributed by atoms with van der Waals surface area (Å²) < 4.78 is 43.0. The Labute approximate surface area is 157 Å². The van der Waals surface area contributed by atoms with Crippen molar-refractivity contribution in [3.63, 3.8) is 0 Å². The van der Waals surface area contributed by atoms with Gasteiger partial charge in [-0.1, -0.05) is 6.07 Å². The van der Waals surface area contributed by atoms with Gasteiger partial charge in [0.1, 0.15) is 17.3 Å². The summed E-state index contributed by atoms with van der Waals surface area (Å²) in [6.07, 6.45) is 1.52. The molecular weight excluding hydrogens is 365 g/mol. The molecule has 1 aromatic heterocycles. The summed E-state index contributed by atoms with van der Waals surface area (Å²) in [6.45, 7) is 0. The molecule has 1 fully saturated rings. The molecule has 0 spiro atoms. The van der Waals surface area contributed by atoms with E-state index < -0.39 is 9.84 Å². The maximum absolute atomic E-state index is 12.9. The second-order valence-electron chi connectivity index (χ2n) is 6.60. The van der Waals surface area contributed by atoms with Crippen molar-refractivity contribution >= 4 is 9.84 Å². The van der Waals surface area contributed by atoms with Gasteiger partial charge in [-0.3, -0.25) is 4.98 Å². The molecule has 0 radical (unpaired) electrons. The monoisotopic (exact) mass is 383 g/mol. The lowest BCUT2D eigenvalue weighted by atomic mass is 10.1. The molecule has 27 heavy (non-hydrogen) atoms. The van der Waals surface area contributed by atoms with E-state index in [9.17, 15) is 12.8 Å². The van der Waals surface area contributed by atoms with Crippen LogP contribution in [0.1, 0.15) is 18.5 Å². The van der Waals surface area contributed by atoms with Crippen LogP contribution in [-0.4, -0.2) is 18.7 Å². The van der Waals surface area contributed by atoms with Gasteiger partial charge in [-0.25, -0.2) is 12.8 Å². The third kappa shape index (κ3) is 4.34. The van der Waals surface area contributed by atoms with Gasteiger partial charge in [0.15, 0.2) is 9.84 Å². The van der Waals surface area contributed by atoms with E-state index in [1.54, 1.807) is 30.3 Å². The fourth-order valence-electron chi connectivity index (χ4n) is 2.80. The largest absolute Gasteiger partial charge is 0.457 e. The lowest BCUT2D eigenvalue weighted by molar-refractivity contribution is 0.480. The summed E-state index contributed by atoms with van der Waals surface area (Å²) in [5.41, 5.74) is 2.14. The van der Waals surface area contributed by atoms with Gasteiger partial charge in [0.2, 0.25) is 0 Å². The highest BCUT2D eigenvalue weighted by Gasteiger charge is 2.35. The summed E-state index contributed by atoms with van der Waals surface area (Å²) in [5.74, 6) is 0.844. The highest BCUT2D eigenvalue weighted by atomic mass is 32.2. The second kappa shape index (κ2) is 7.12. The van der Waals surface area contributed by atoms with E-state index >= 15 is 0 Å². The zero-order valence-corrected chi connectivity index (χ0v) is 15.3. The Morgan fingerprint density at radius 1 is 0.926 bits per heavy atom. The van der Waals surface area contributed by atoms with E-state index in [-0.39, 0.29) is 16.8 Å². The van der Waals surface area contributed by atoms with Crippen LogP contribution in [-0.2, 0) is 15.6 Å². The topological polar surface area (TPSA) is 56.3 Å². The van der Waals surface area contributed by atoms with Gasteiger partial charge in [-0.05, 0) is 73.5 Å². The lowest BCUT2D eigenvalue weighted by Gasteiger charge is -2.08. The molecule has 0 saturated heterocycles. The number of hydrogen-bond acceptors (Lipinski definition) is 4. The molecule has 4 nitrogen and oxygen atoms in total. The molecule has 138 valence electrons. The number of halogens is 1. The van der Waals surface area contributed by atoms with Crippen molar-refractivity contribution in [1.29, 1.82) is 0 Å². The number of aromatic nitrogens is 1. The van der Waals surface area contributed by atoms with E-state index in [1.807, 2.05) is 24.3 Å². The minimum Gasteiger partial charge on any atom is -0.457 e. The smallest absolute Gasteiger partial charge is 0.158 e. The van der Waals surface area contributed by atoms with Crippen LogP contribution in [0.2, 0.25) is 0 Å². The van der Waals surface area contributed by atoms with Crippen LogP contribution < -0.4 is 4.74 Å². The maximum atomic E-state index is 12.9. The van der Waals surface area contributed by atoms with Gasteiger partial charge in [0.05, 0.1) is 22.4 Å². The SMILES string of the molecule is O=S(=O)(Cc1cccc(-c2ccc(Oc3ccc(F)cc3)cc2)n1)C1CC1. The predicted octanol–water partition coefficient (Wildman–Crippen LogP) is 4.76. The van der Waals surface area contributed by atoms with Gasteiger partial charge >= 0.3 is 0 Å². The minimum absolute atomic E-state index is 0.0166. The number of sulfone groups is 1. The molecule has 0 unspecified atom stereocenters. The van der Waals surface area contributed by atoms with Crippen LogP contribution >= 0.6 is 0 Å². The van der Waals surface area contributed by atoms with Crippen molar-refractivity contribution in [3.05, 3.63) is 78.2 Å². The maximum Gasteiger partial charge on any atom is 0.158 e. The van der Waals surface area contributed by atoms with Crippen molar-refractivity contribution < 1.29 is 17.5 Å². The molecule has 0 aliphatic heterocycles. The number of rotatable bonds is 6. The number of ether oxygens (including phenoxy) is 1. The third-order valence-corrected chi connectivity index (χ3v) is 6.57. The Balaban J connectivity index is 1.50. The lowest BCUT2D eigenvalue weighted by Crippen LogP contribution is -2.10. The molecular formula is C21H18FNO3S. The first-order chi connectivity index (χ1) is 13.0. The first-order valence-corrected chi connectivity index (χ1v) is 10.4. The molecule has 6 heteroatoms. The fourth-order valence-corrected chi connectivity index (χ4v) is 4.47. The minimum atomic E-state index is -3.09. The molecule has 0 bridgehead atoms. The Morgan fingerprint density at radius 2 is 1.56 bits per heavy atom. The zero-order valence-electron chi connectivity index (χ0n) is 14.5. The molecule has 0 N–H and O–H groups in total.